The molecule has 0 radical (unpaired) electrons. The van der Waals surface area contributed by atoms with Gasteiger partial charge in [0.25, 0.3) is 0 Å². The molecule has 4 N–H and O–H groups in total. The lowest BCUT2D eigenvalue weighted by Crippen LogP contribution is -2.10. The third-order valence-electron chi connectivity index (χ3n) is 2.20. The fraction of sp³-hybridized carbons (Fsp3) is 0.200. The number of aromatic nitrogens is 3. The van der Waals surface area contributed by atoms with Crippen molar-refractivity contribution in [3.05, 3.63) is 29.5 Å². The number of pyridine rings is 1. The number of carboxylic acid groups (broad SMARTS) is 1. The van der Waals surface area contributed by atoms with Crippen LogP contribution in [0.5, 0.6) is 0 Å². The Bertz CT molecular complexity index is 581. The maximum atomic E-state index is 10.9. The molecular weight excluding hydrogens is 238 g/mol. The first-order valence-corrected chi connectivity index (χ1v) is 5.08. The topological polar surface area (TPSA) is 127 Å². The Labute approximate surface area is 102 Å². The van der Waals surface area contributed by atoms with Crippen molar-refractivity contribution in [2.24, 2.45) is 0 Å². The van der Waals surface area contributed by atoms with Crippen molar-refractivity contribution >= 4 is 17.5 Å². The van der Waals surface area contributed by atoms with Gasteiger partial charge < -0.3 is 20.7 Å². The molecule has 18 heavy (non-hydrogen) atoms. The predicted molar refractivity (Wildman–Crippen MR) is 62.0 cm³/mol. The first-order chi connectivity index (χ1) is 8.58. The van der Waals surface area contributed by atoms with Gasteiger partial charge in [-0.2, -0.15) is 4.98 Å². The number of hydrogen-bond acceptors (Lipinski definition) is 7. The number of nitrogens with zero attached hydrogens (tertiary/aromatic N) is 3. The Balaban J connectivity index is 2.14. The number of carboxylic acids is 1. The molecule has 0 fully saturated rings. The van der Waals surface area contributed by atoms with E-state index in [2.05, 4.69) is 20.4 Å². The van der Waals surface area contributed by atoms with Crippen molar-refractivity contribution < 1.29 is 14.4 Å². The van der Waals surface area contributed by atoms with Crippen LogP contribution >= 0.6 is 0 Å². The SMILES string of the molecule is Cc1nc(CNc2nccc(C(=O)O)c2N)no1. The zero-order valence-electron chi connectivity index (χ0n) is 9.54. The van der Waals surface area contributed by atoms with Gasteiger partial charge in [0, 0.05) is 13.1 Å². The van der Waals surface area contributed by atoms with Crippen LogP contribution in [0.1, 0.15) is 22.1 Å². The Morgan fingerprint density at radius 2 is 2.39 bits per heavy atom. The fourth-order valence-electron chi connectivity index (χ4n) is 1.38. The van der Waals surface area contributed by atoms with Crippen LogP contribution in [0.25, 0.3) is 0 Å². The molecule has 0 amide bonds. The summed E-state index contributed by atoms with van der Waals surface area (Å²) in [7, 11) is 0. The fourth-order valence-corrected chi connectivity index (χ4v) is 1.38. The molecule has 0 aromatic carbocycles. The molecule has 0 atom stereocenters. The third kappa shape index (κ3) is 2.37. The number of rotatable bonds is 4. The summed E-state index contributed by atoms with van der Waals surface area (Å²) in [5.74, 6) is 0.0622. The van der Waals surface area contributed by atoms with Gasteiger partial charge in [-0.15, -0.1) is 0 Å². The molecule has 0 bridgehead atoms. The van der Waals surface area contributed by atoms with Gasteiger partial charge in [0.2, 0.25) is 5.89 Å². The lowest BCUT2D eigenvalue weighted by atomic mass is 10.2. The summed E-state index contributed by atoms with van der Waals surface area (Å²) in [6, 6.07) is 1.33. The maximum absolute atomic E-state index is 10.9. The van der Waals surface area contributed by atoms with E-state index in [4.69, 9.17) is 15.4 Å². The molecule has 0 saturated heterocycles. The lowest BCUT2D eigenvalue weighted by Gasteiger charge is -2.07. The van der Waals surface area contributed by atoms with E-state index in [1.54, 1.807) is 6.92 Å². The normalized spacial score (nSPS) is 10.3. The van der Waals surface area contributed by atoms with Crippen molar-refractivity contribution in [3.8, 4) is 0 Å². The number of nitrogen functional groups attached to an aromatic ring is 1. The third-order valence-corrected chi connectivity index (χ3v) is 2.20. The van der Waals surface area contributed by atoms with Crippen molar-refractivity contribution in [1.29, 1.82) is 0 Å². The number of aromatic carboxylic acids is 1. The highest BCUT2D eigenvalue weighted by Gasteiger charge is 2.12. The molecule has 8 heteroatoms. The second-order valence-electron chi connectivity index (χ2n) is 3.51. The molecule has 0 unspecified atom stereocenters. The van der Waals surface area contributed by atoms with E-state index in [9.17, 15) is 4.79 Å². The Morgan fingerprint density at radius 3 is 3.00 bits per heavy atom. The van der Waals surface area contributed by atoms with E-state index in [1.807, 2.05) is 0 Å². The largest absolute Gasteiger partial charge is 0.478 e. The van der Waals surface area contributed by atoms with E-state index in [1.165, 1.54) is 12.3 Å². The van der Waals surface area contributed by atoms with Gasteiger partial charge in [0.15, 0.2) is 5.82 Å². The Kier molecular flexibility index (Phi) is 3.09. The van der Waals surface area contributed by atoms with Gasteiger partial charge in [0.05, 0.1) is 17.8 Å². The predicted octanol–water partition coefficient (Wildman–Crippen LogP) is 0.666. The van der Waals surface area contributed by atoms with Crippen molar-refractivity contribution in [2.75, 3.05) is 11.1 Å². The average molecular weight is 249 g/mol. The van der Waals surface area contributed by atoms with Crippen LogP contribution in [0.3, 0.4) is 0 Å². The maximum Gasteiger partial charge on any atom is 0.337 e. The molecule has 0 aliphatic carbocycles. The first-order valence-electron chi connectivity index (χ1n) is 5.08. The lowest BCUT2D eigenvalue weighted by molar-refractivity contribution is 0.0698. The molecule has 2 rings (SSSR count). The molecule has 2 aromatic rings. The molecule has 0 aliphatic heterocycles. The molecule has 8 nitrogen and oxygen atoms in total. The molecule has 0 aliphatic rings. The number of aryl methyl sites for hydroxylation is 1. The van der Waals surface area contributed by atoms with Gasteiger partial charge in [0.1, 0.15) is 5.82 Å². The summed E-state index contributed by atoms with van der Waals surface area (Å²) in [4.78, 5) is 18.8. The van der Waals surface area contributed by atoms with E-state index in [0.717, 1.165) is 0 Å². The summed E-state index contributed by atoms with van der Waals surface area (Å²) in [6.45, 7) is 1.92. The standard InChI is InChI=1S/C10H11N5O3/c1-5-14-7(15-18-5)4-13-9-8(11)6(10(16)17)2-3-12-9/h2-3H,4,11H2,1H3,(H,12,13)(H,16,17). The van der Waals surface area contributed by atoms with Crippen molar-refractivity contribution in [2.45, 2.75) is 13.5 Å². The highest BCUT2D eigenvalue weighted by atomic mass is 16.5. The second-order valence-corrected chi connectivity index (χ2v) is 3.51. The second kappa shape index (κ2) is 4.70. The summed E-state index contributed by atoms with van der Waals surface area (Å²) < 4.78 is 4.80. The Hall–Kier alpha value is -2.64. The highest BCUT2D eigenvalue weighted by Crippen LogP contribution is 2.20. The Morgan fingerprint density at radius 1 is 1.61 bits per heavy atom. The first kappa shape index (κ1) is 11.8. The van der Waals surface area contributed by atoms with Crippen molar-refractivity contribution in [1.82, 2.24) is 15.1 Å². The van der Waals surface area contributed by atoms with E-state index in [0.29, 0.717) is 11.7 Å². The average Bonchev–Trinajstić information content (AvgIpc) is 2.73. The van der Waals surface area contributed by atoms with Crippen LogP contribution in [0.4, 0.5) is 11.5 Å². The summed E-state index contributed by atoms with van der Waals surface area (Å²) in [5.41, 5.74) is 5.75. The van der Waals surface area contributed by atoms with E-state index < -0.39 is 5.97 Å². The smallest absolute Gasteiger partial charge is 0.337 e. The van der Waals surface area contributed by atoms with Crippen LogP contribution in [0, 0.1) is 6.92 Å². The van der Waals surface area contributed by atoms with Gasteiger partial charge in [-0.05, 0) is 6.07 Å². The quantitative estimate of drug-likeness (QED) is 0.721. The minimum atomic E-state index is -1.10. The van der Waals surface area contributed by atoms with Crippen LogP contribution in [0.15, 0.2) is 16.8 Å². The molecular formula is C10H11N5O3. The van der Waals surface area contributed by atoms with Gasteiger partial charge in [-0.1, -0.05) is 5.16 Å². The highest BCUT2D eigenvalue weighted by molar-refractivity contribution is 5.96. The number of carbonyl (C=O) groups is 1. The number of hydrogen-bond donors (Lipinski definition) is 3. The van der Waals surface area contributed by atoms with Gasteiger partial charge in [-0.25, -0.2) is 9.78 Å². The van der Waals surface area contributed by atoms with Crippen LogP contribution < -0.4 is 11.1 Å². The van der Waals surface area contributed by atoms with Gasteiger partial charge >= 0.3 is 5.97 Å². The zero-order chi connectivity index (χ0) is 13.1. The van der Waals surface area contributed by atoms with E-state index in [-0.39, 0.29) is 23.6 Å². The number of nitrogens with two attached hydrogens (primary N) is 1. The summed E-state index contributed by atoms with van der Waals surface area (Å²) >= 11 is 0. The monoisotopic (exact) mass is 249 g/mol. The number of anilines is 2. The van der Waals surface area contributed by atoms with Crippen molar-refractivity contribution in [3.63, 3.8) is 0 Å². The molecule has 2 aromatic heterocycles. The molecule has 2 heterocycles. The molecule has 0 saturated carbocycles. The molecule has 0 spiro atoms. The zero-order valence-corrected chi connectivity index (χ0v) is 9.54. The summed E-state index contributed by atoms with van der Waals surface area (Å²) in [6.07, 6.45) is 1.36. The minimum Gasteiger partial charge on any atom is -0.478 e. The minimum absolute atomic E-state index is 0.00297. The van der Waals surface area contributed by atoms with Crippen LogP contribution in [-0.4, -0.2) is 26.2 Å². The van der Waals surface area contributed by atoms with Gasteiger partial charge in [-0.3, -0.25) is 0 Å². The summed E-state index contributed by atoms with van der Waals surface area (Å²) in [5, 5.41) is 15.4. The number of nitrogens with one attached hydrogen (secondary N) is 1. The van der Waals surface area contributed by atoms with Crippen LogP contribution in [-0.2, 0) is 6.54 Å². The molecule has 94 valence electrons. The van der Waals surface area contributed by atoms with Crippen LogP contribution in [0.2, 0.25) is 0 Å². The van der Waals surface area contributed by atoms with E-state index >= 15 is 0 Å².